The highest BCUT2D eigenvalue weighted by atomic mass is 16.5. The maximum Gasteiger partial charge on any atom is 0.306 e. The first-order chi connectivity index (χ1) is 23.0. The van der Waals surface area contributed by atoms with Crippen LogP contribution in [0.4, 0.5) is 0 Å². The van der Waals surface area contributed by atoms with Gasteiger partial charge in [0.1, 0.15) is 6.10 Å². The van der Waals surface area contributed by atoms with Crippen LogP contribution in [0.3, 0.4) is 0 Å². The zero-order valence-corrected chi connectivity index (χ0v) is 32.0. The van der Waals surface area contributed by atoms with Crippen molar-refractivity contribution in [2.45, 2.75) is 226 Å². The molecule has 6 nitrogen and oxygen atoms in total. The predicted octanol–water partition coefficient (Wildman–Crippen LogP) is 11.5. The van der Waals surface area contributed by atoms with Gasteiger partial charge < -0.3 is 19.5 Å². The molecular weight excluding hydrogens is 586 g/mol. The molecule has 0 saturated heterocycles. The van der Waals surface area contributed by atoms with Gasteiger partial charge in [-0.1, -0.05) is 130 Å². The lowest BCUT2D eigenvalue weighted by atomic mass is 10.0. The first-order valence-electron chi connectivity index (χ1n) is 20.7. The molecule has 0 spiro atoms. The number of carbonyl (C=O) groups is 2. The topological polar surface area (TPSA) is 76.1 Å². The molecule has 0 aromatic carbocycles. The van der Waals surface area contributed by atoms with E-state index in [2.05, 4.69) is 25.7 Å². The van der Waals surface area contributed by atoms with E-state index >= 15 is 0 Å². The zero-order valence-electron chi connectivity index (χ0n) is 32.0. The number of esters is 2. The Morgan fingerprint density at radius 3 is 1.36 bits per heavy atom. The molecule has 2 atom stereocenters. The minimum atomic E-state index is -0.0426. The quantitative estimate of drug-likeness (QED) is 0.0525. The van der Waals surface area contributed by atoms with E-state index in [9.17, 15) is 14.7 Å². The summed E-state index contributed by atoms with van der Waals surface area (Å²) in [6.07, 6.45) is 32.7. The van der Waals surface area contributed by atoms with Crippen molar-refractivity contribution in [1.29, 1.82) is 0 Å². The minimum absolute atomic E-state index is 0.0102. The molecule has 2 unspecified atom stereocenters. The van der Waals surface area contributed by atoms with Crippen molar-refractivity contribution in [3.63, 3.8) is 0 Å². The molecule has 0 saturated carbocycles. The zero-order chi connectivity index (χ0) is 34.6. The summed E-state index contributed by atoms with van der Waals surface area (Å²) in [6.45, 7) is 11.7. The van der Waals surface area contributed by atoms with Crippen molar-refractivity contribution in [2.24, 2.45) is 0 Å². The third-order valence-corrected chi connectivity index (χ3v) is 9.48. The van der Waals surface area contributed by atoms with Crippen LogP contribution in [0.1, 0.15) is 214 Å². The van der Waals surface area contributed by atoms with Gasteiger partial charge in [0, 0.05) is 19.4 Å². The summed E-state index contributed by atoms with van der Waals surface area (Å²) in [5, 5.41) is 9.52. The van der Waals surface area contributed by atoms with Crippen LogP contribution in [0, 0.1) is 0 Å². The minimum Gasteiger partial charge on any atom is -0.463 e. The third-order valence-electron chi connectivity index (χ3n) is 9.48. The van der Waals surface area contributed by atoms with Gasteiger partial charge in [-0.3, -0.25) is 9.59 Å². The van der Waals surface area contributed by atoms with Crippen LogP contribution in [-0.4, -0.2) is 60.4 Å². The molecule has 280 valence electrons. The normalized spacial score (nSPS) is 12.8. The second kappa shape index (κ2) is 36.1. The van der Waals surface area contributed by atoms with Gasteiger partial charge >= 0.3 is 11.9 Å². The largest absolute Gasteiger partial charge is 0.463 e. The van der Waals surface area contributed by atoms with E-state index in [-0.39, 0.29) is 30.8 Å². The fraction of sp³-hybridized carbons (Fsp3) is 0.951. The number of ether oxygens (including phenoxy) is 2. The number of aliphatic hydroxyl groups excluding tert-OH is 1. The number of carbonyl (C=O) groups excluding carboxylic acids is 2. The number of nitrogens with zero attached hydrogens (tertiary/aromatic N) is 1. The summed E-state index contributed by atoms with van der Waals surface area (Å²) >= 11 is 0. The van der Waals surface area contributed by atoms with Crippen LogP contribution in [-0.2, 0) is 19.1 Å². The Balaban J connectivity index is 4.00. The molecule has 6 heteroatoms. The van der Waals surface area contributed by atoms with Gasteiger partial charge in [-0.05, 0) is 84.2 Å². The van der Waals surface area contributed by atoms with E-state index in [1.807, 2.05) is 6.92 Å². The molecule has 0 fully saturated rings. The van der Waals surface area contributed by atoms with Crippen LogP contribution in [0.25, 0.3) is 0 Å². The number of rotatable bonds is 37. The van der Waals surface area contributed by atoms with Gasteiger partial charge in [0.15, 0.2) is 0 Å². The van der Waals surface area contributed by atoms with Gasteiger partial charge in [0.05, 0.1) is 12.7 Å². The molecule has 0 bridgehead atoms. The number of unbranched alkanes of at least 4 members (excludes halogenated alkanes) is 19. The van der Waals surface area contributed by atoms with E-state index in [1.54, 1.807) is 0 Å². The van der Waals surface area contributed by atoms with Crippen LogP contribution in [0.15, 0.2) is 0 Å². The molecule has 47 heavy (non-hydrogen) atoms. The summed E-state index contributed by atoms with van der Waals surface area (Å²) < 4.78 is 11.5. The molecule has 1 N–H and O–H groups in total. The number of hydrogen-bond acceptors (Lipinski definition) is 6. The van der Waals surface area contributed by atoms with E-state index in [0.717, 1.165) is 96.7 Å². The van der Waals surface area contributed by atoms with E-state index < -0.39 is 0 Å². The Morgan fingerprint density at radius 2 is 0.872 bits per heavy atom. The lowest BCUT2D eigenvalue weighted by Gasteiger charge is -2.21. The highest BCUT2D eigenvalue weighted by molar-refractivity contribution is 5.69. The molecule has 0 aliphatic rings. The van der Waals surface area contributed by atoms with E-state index in [1.165, 1.54) is 96.3 Å². The van der Waals surface area contributed by atoms with Gasteiger partial charge in [-0.15, -0.1) is 0 Å². The summed E-state index contributed by atoms with van der Waals surface area (Å²) in [5.41, 5.74) is 0. The summed E-state index contributed by atoms with van der Waals surface area (Å²) in [5.74, 6) is -0.0324. The van der Waals surface area contributed by atoms with Gasteiger partial charge in [0.25, 0.3) is 0 Å². The first kappa shape index (κ1) is 45.9. The van der Waals surface area contributed by atoms with E-state index in [0.29, 0.717) is 12.8 Å². The van der Waals surface area contributed by atoms with Gasteiger partial charge in [-0.2, -0.15) is 0 Å². The average molecular weight is 668 g/mol. The highest BCUT2D eigenvalue weighted by Crippen LogP contribution is 2.18. The van der Waals surface area contributed by atoms with Crippen molar-refractivity contribution in [3.8, 4) is 0 Å². The summed E-state index contributed by atoms with van der Waals surface area (Å²) in [7, 11) is 0. The Hall–Kier alpha value is -1.14. The Bertz CT molecular complexity index is 672. The Labute approximate surface area is 292 Å². The molecule has 0 aliphatic carbocycles. The summed E-state index contributed by atoms with van der Waals surface area (Å²) in [6, 6.07) is 0. The van der Waals surface area contributed by atoms with Crippen molar-refractivity contribution >= 4 is 11.9 Å². The van der Waals surface area contributed by atoms with Crippen LogP contribution >= 0.6 is 0 Å². The van der Waals surface area contributed by atoms with Crippen molar-refractivity contribution in [1.82, 2.24) is 4.90 Å². The third kappa shape index (κ3) is 33.1. The summed E-state index contributed by atoms with van der Waals surface area (Å²) in [4.78, 5) is 27.1. The molecular formula is C41H81NO5. The number of hydrogen-bond donors (Lipinski definition) is 1. The molecule has 0 heterocycles. The average Bonchev–Trinajstić information content (AvgIpc) is 3.05. The second-order valence-electron chi connectivity index (χ2n) is 14.3. The molecule has 0 rings (SSSR count). The predicted molar refractivity (Wildman–Crippen MR) is 200 cm³/mol. The lowest BCUT2D eigenvalue weighted by molar-refractivity contribution is -0.150. The molecule has 0 amide bonds. The molecule has 0 aliphatic heterocycles. The van der Waals surface area contributed by atoms with Crippen LogP contribution < -0.4 is 0 Å². The fourth-order valence-corrected chi connectivity index (χ4v) is 6.41. The SMILES string of the molecule is CCCCCCCCC(CCCCCCC)OC(=O)CCCCCCCN(CCO)CCCCCCCC(=O)OC(C)CCCCC. The standard InChI is InChI=1S/C41H81NO5/c1-5-8-11-13-17-24-31-39(30-23-16-12-9-6-2)47-41(45)33-26-19-15-21-28-35-42(36-37-43)34-27-20-14-18-25-32-40(44)46-38(4)29-22-10-7-3/h38-39,43H,5-37H2,1-4H3. The Kier molecular flexibility index (Phi) is 35.3. The molecule has 0 radical (unpaired) electrons. The van der Waals surface area contributed by atoms with E-state index in [4.69, 9.17) is 9.47 Å². The first-order valence-corrected chi connectivity index (χ1v) is 20.7. The Morgan fingerprint density at radius 1 is 0.489 bits per heavy atom. The van der Waals surface area contributed by atoms with Gasteiger partial charge in [0.2, 0.25) is 0 Å². The smallest absolute Gasteiger partial charge is 0.306 e. The van der Waals surface area contributed by atoms with Crippen molar-refractivity contribution < 1.29 is 24.2 Å². The molecule has 0 aromatic heterocycles. The second-order valence-corrected chi connectivity index (χ2v) is 14.3. The van der Waals surface area contributed by atoms with Gasteiger partial charge in [-0.25, -0.2) is 0 Å². The van der Waals surface area contributed by atoms with Crippen molar-refractivity contribution in [3.05, 3.63) is 0 Å². The maximum absolute atomic E-state index is 12.6. The molecule has 0 aromatic rings. The van der Waals surface area contributed by atoms with Crippen LogP contribution in [0.2, 0.25) is 0 Å². The van der Waals surface area contributed by atoms with Crippen molar-refractivity contribution in [2.75, 3.05) is 26.2 Å². The monoisotopic (exact) mass is 668 g/mol. The van der Waals surface area contributed by atoms with Crippen LogP contribution in [0.5, 0.6) is 0 Å². The fourth-order valence-electron chi connectivity index (χ4n) is 6.41. The highest BCUT2D eigenvalue weighted by Gasteiger charge is 2.14. The lowest BCUT2D eigenvalue weighted by Crippen LogP contribution is -2.29. The maximum atomic E-state index is 12.6. The number of aliphatic hydroxyl groups is 1.